The van der Waals surface area contributed by atoms with E-state index in [-0.39, 0.29) is 30.3 Å². The highest BCUT2D eigenvalue weighted by atomic mass is 16.5. The zero-order chi connectivity index (χ0) is 19.0. The summed E-state index contributed by atoms with van der Waals surface area (Å²) in [6.07, 6.45) is 4.37. The number of hydrogen-bond donors (Lipinski definition) is 1. The molecule has 0 radical (unpaired) electrons. The highest BCUT2D eigenvalue weighted by Gasteiger charge is 2.36. The van der Waals surface area contributed by atoms with Crippen LogP contribution in [-0.2, 0) is 16.1 Å². The summed E-state index contributed by atoms with van der Waals surface area (Å²) >= 11 is 0. The predicted octanol–water partition coefficient (Wildman–Crippen LogP) is 1.45. The third-order valence-corrected chi connectivity index (χ3v) is 5.07. The summed E-state index contributed by atoms with van der Waals surface area (Å²) in [7, 11) is 0. The number of fused-ring (bicyclic) bond motifs is 1. The number of amides is 1. The van der Waals surface area contributed by atoms with Crippen molar-refractivity contribution >= 4 is 28.9 Å². The van der Waals surface area contributed by atoms with E-state index in [0.717, 1.165) is 25.8 Å². The molecule has 0 spiro atoms. The monoisotopic (exact) mass is 372 g/mol. The number of nitrogens with zero attached hydrogens (tertiary/aromatic N) is 5. The number of imidazole rings is 1. The Kier molecular flexibility index (Phi) is 4.67. The van der Waals surface area contributed by atoms with Crippen LogP contribution in [0, 0.1) is 5.92 Å². The Balaban J connectivity index is 1.57. The van der Waals surface area contributed by atoms with Crippen molar-refractivity contribution in [3.8, 4) is 0 Å². The summed E-state index contributed by atoms with van der Waals surface area (Å²) in [5.41, 5.74) is 1.15. The number of aryl methyl sites for hydroxylation is 1. The molecule has 1 saturated carbocycles. The van der Waals surface area contributed by atoms with Gasteiger partial charge >= 0.3 is 5.97 Å². The van der Waals surface area contributed by atoms with Crippen molar-refractivity contribution in [1.82, 2.24) is 24.4 Å². The standard InChI is InChI=1S/C18H24N6O3/c1-3-24-15-13(22-16(24)18(26)27-4-2)14(19-10-20-15)21-12-7-8-23(9-12)17(25)11-5-6-11/h10-12H,3-9H2,1-2H3,(H,19,20,21)/t12-/m0/s1. The lowest BCUT2D eigenvalue weighted by Gasteiger charge is -2.17. The number of nitrogens with one attached hydrogen (secondary N) is 1. The molecule has 0 aromatic carbocycles. The maximum absolute atomic E-state index is 12.2. The van der Waals surface area contributed by atoms with Crippen molar-refractivity contribution in [2.75, 3.05) is 25.0 Å². The fourth-order valence-corrected chi connectivity index (χ4v) is 3.55. The number of carbonyl (C=O) groups is 2. The SMILES string of the molecule is CCOC(=O)c1nc2c(N[C@H]3CCN(C(=O)C4CC4)C3)ncnc2n1CC. The molecule has 1 atom stereocenters. The first kappa shape index (κ1) is 17.7. The summed E-state index contributed by atoms with van der Waals surface area (Å²) in [6.45, 7) is 5.96. The second kappa shape index (κ2) is 7.13. The van der Waals surface area contributed by atoms with Crippen LogP contribution in [-0.4, -0.2) is 62.0 Å². The van der Waals surface area contributed by atoms with Crippen molar-refractivity contribution in [1.29, 1.82) is 0 Å². The van der Waals surface area contributed by atoms with Crippen LogP contribution < -0.4 is 5.32 Å². The van der Waals surface area contributed by atoms with Crippen LogP contribution in [0.5, 0.6) is 0 Å². The lowest BCUT2D eigenvalue weighted by Crippen LogP contribution is -2.32. The molecular weight excluding hydrogens is 348 g/mol. The molecule has 1 aliphatic carbocycles. The summed E-state index contributed by atoms with van der Waals surface area (Å²) in [5.74, 6) is 0.859. The van der Waals surface area contributed by atoms with Gasteiger partial charge in [-0.05, 0) is 33.1 Å². The Hall–Kier alpha value is -2.71. The Morgan fingerprint density at radius 2 is 2.07 bits per heavy atom. The zero-order valence-corrected chi connectivity index (χ0v) is 15.6. The van der Waals surface area contributed by atoms with Gasteiger partial charge in [-0.15, -0.1) is 0 Å². The maximum atomic E-state index is 12.2. The largest absolute Gasteiger partial charge is 0.460 e. The molecular formula is C18H24N6O3. The molecule has 2 aromatic heterocycles. The molecule has 3 heterocycles. The van der Waals surface area contributed by atoms with Gasteiger partial charge in [0.1, 0.15) is 6.33 Å². The fourth-order valence-electron chi connectivity index (χ4n) is 3.55. The van der Waals surface area contributed by atoms with E-state index >= 15 is 0 Å². The van der Waals surface area contributed by atoms with Crippen LogP contribution in [0.4, 0.5) is 5.82 Å². The number of hydrogen-bond acceptors (Lipinski definition) is 7. The Bertz CT molecular complexity index is 875. The highest BCUT2D eigenvalue weighted by molar-refractivity contribution is 5.93. The quantitative estimate of drug-likeness (QED) is 0.766. The van der Waals surface area contributed by atoms with Gasteiger partial charge in [0, 0.05) is 31.6 Å². The maximum Gasteiger partial charge on any atom is 0.374 e. The van der Waals surface area contributed by atoms with E-state index in [1.165, 1.54) is 6.33 Å². The minimum absolute atomic E-state index is 0.114. The van der Waals surface area contributed by atoms with Crippen LogP contribution >= 0.6 is 0 Å². The molecule has 2 fully saturated rings. The molecule has 0 bridgehead atoms. The zero-order valence-electron chi connectivity index (χ0n) is 15.6. The van der Waals surface area contributed by atoms with Crippen molar-refractivity contribution in [3.05, 3.63) is 12.2 Å². The van der Waals surface area contributed by atoms with Crippen LogP contribution in [0.15, 0.2) is 6.33 Å². The third kappa shape index (κ3) is 3.33. The van der Waals surface area contributed by atoms with Gasteiger partial charge in [-0.3, -0.25) is 4.79 Å². The van der Waals surface area contributed by atoms with Gasteiger partial charge in [-0.1, -0.05) is 0 Å². The van der Waals surface area contributed by atoms with Crippen molar-refractivity contribution < 1.29 is 14.3 Å². The highest BCUT2D eigenvalue weighted by Crippen LogP contribution is 2.32. The molecule has 1 aliphatic heterocycles. The molecule has 4 rings (SSSR count). The predicted molar refractivity (Wildman–Crippen MR) is 98.3 cm³/mol. The molecule has 1 saturated heterocycles. The molecule has 2 aromatic rings. The molecule has 144 valence electrons. The Labute approximate surface area is 157 Å². The van der Waals surface area contributed by atoms with E-state index in [0.29, 0.717) is 30.1 Å². The summed E-state index contributed by atoms with van der Waals surface area (Å²) in [4.78, 5) is 39.5. The lowest BCUT2D eigenvalue weighted by atomic mass is 10.2. The molecule has 1 amide bonds. The first-order chi connectivity index (χ1) is 13.1. The molecule has 27 heavy (non-hydrogen) atoms. The van der Waals surface area contributed by atoms with E-state index < -0.39 is 5.97 Å². The van der Waals surface area contributed by atoms with Crippen LogP contribution in [0.1, 0.15) is 43.7 Å². The van der Waals surface area contributed by atoms with E-state index in [2.05, 4.69) is 20.3 Å². The second-order valence-corrected chi connectivity index (χ2v) is 6.98. The van der Waals surface area contributed by atoms with E-state index in [4.69, 9.17) is 4.74 Å². The molecule has 0 unspecified atom stereocenters. The van der Waals surface area contributed by atoms with Gasteiger partial charge in [0.15, 0.2) is 17.0 Å². The van der Waals surface area contributed by atoms with Gasteiger partial charge in [-0.25, -0.2) is 19.7 Å². The molecule has 1 N–H and O–H groups in total. The van der Waals surface area contributed by atoms with Gasteiger partial charge in [0.05, 0.1) is 6.61 Å². The van der Waals surface area contributed by atoms with Crippen molar-refractivity contribution in [2.45, 2.75) is 45.7 Å². The second-order valence-electron chi connectivity index (χ2n) is 6.98. The normalized spacial score (nSPS) is 19.5. The van der Waals surface area contributed by atoms with Crippen LogP contribution in [0.25, 0.3) is 11.2 Å². The molecule has 2 aliphatic rings. The van der Waals surface area contributed by atoms with Crippen LogP contribution in [0.3, 0.4) is 0 Å². The lowest BCUT2D eigenvalue weighted by molar-refractivity contribution is -0.131. The first-order valence-electron chi connectivity index (χ1n) is 9.56. The Morgan fingerprint density at radius 1 is 1.26 bits per heavy atom. The summed E-state index contributed by atoms with van der Waals surface area (Å²) < 4.78 is 6.84. The van der Waals surface area contributed by atoms with Gasteiger partial charge < -0.3 is 19.5 Å². The summed E-state index contributed by atoms with van der Waals surface area (Å²) in [5, 5.41) is 3.39. The molecule has 9 nitrogen and oxygen atoms in total. The van der Waals surface area contributed by atoms with Crippen molar-refractivity contribution in [2.24, 2.45) is 5.92 Å². The molecule has 9 heteroatoms. The fraction of sp³-hybridized carbons (Fsp3) is 0.611. The van der Waals surface area contributed by atoms with E-state index in [1.807, 2.05) is 11.8 Å². The van der Waals surface area contributed by atoms with Gasteiger partial charge in [0.2, 0.25) is 11.7 Å². The number of rotatable bonds is 6. The minimum atomic E-state index is -0.467. The van der Waals surface area contributed by atoms with E-state index in [9.17, 15) is 9.59 Å². The number of likely N-dealkylation sites (tertiary alicyclic amines) is 1. The smallest absolute Gasteiger partial charge is 0.374 e. The average molecular weight is 372 g/mol. The minimum Gasteiger partial charge on any atom is -0.460 e. The number of esters is 1. The number of carbonyl (C=O) groups excluding carboxylic acids is 2. The van der Waals surface area contributed by atoms with Crippen molar-refractivity contribution in [3.63, 3.8) is 0 Å². The van der Waals surface area contributed by atoms with Gasteiger partial charge in [0.25, 0.3) is 0 Å². The average Bonchev–Trinajstić information content (AvgIpc) is 3.29. The van der Waals surface area contributed by atoms with Crippen LogP contribution in [0.2, 0.25) is 0 Å². The number of anilines is 1. The first-order valence-corrected chi connectivity index (χ1v) is 9.56. The van der Waals surface area contributed by atoms with E-state index in [1.54, 1.807) is 11.5 Å². The summed E-state index contributed by atoms with van der Waals surface area (Å²) in [6, 6.07) is 0.114. The topological polar surface area (TPSA) is 102 Å². The Morgan fingerprint density at radius 3 is 2.78 bits per heavy atom. The third-order valence-electron chi connectivity index (χ3n) is 5.07. The number of aromatic nitrogens is 4. The number of ether oxygens (including phenoxy) is 1. The van der Waals surface area contributed by atoms with Gasteiger partial charge in [-0.2, -0.15) is 0 Å².